The van der Waals surface area contributed by atoms with Crippen molar-refractivity contribution in [2.75, 3.05) is 19.6 Å². The van der Waals surface area contributed by atoms with Crippen molar-refractivity contribution in [3.63, 3.8) is 0 Å². The first-order valence-electron chi connectivity index (χ1n) is 8.77. The third-order valence-electron chi connectivity index (χ3n) is 4.63. The zero-order valence-corrected chi connectivity index (χ0v) is 14.9. The van der Waals surface area contributed by atoms with Crippen molar-refractivity contribution in [2.45, 2.75) is 58.8 Å². The SMILES string of the molecule is CC(C)(C)CCN(Cc1ccccc1C(F)(F)F)[C@@H]1CCCNC1. The quantitative estimate of drug-likeness (QED) is 0.835. The minimum absolute atomic E-state index is 0.171. The Kier molecular flexibility index (Phi) is 6.32. The van der Waals surface area contributed by atoms with Crippen molar-refractivity contribution in [3.05, 3.63) is 35.4 Å². The van der Waals surface area contributed by atoms with E-state index in [2.05, 4.69) is 31.0 Å². The Morgan fingerprint density at radius 2 is 1.88 bits per heavy atom. The Bertz CT molecular complexity index is 514. The van der Waals surface area contributed by atoms with Gasteiger partial charge in [-0.15, -0.1) is 0 Å². The number of hydrogen-bond acceptors (Lipinski definition) is 2. The number of nitrogens with one attached hydrogen (secondary N) is 1. The van der Waals surface area contributed by atoms with Gasteiger partial charge in [0.2, 0.25) is 0 Å². The molecule has 0 bridgehead atoms. The zero-order chi connectivity index (χ0) is 17.8. The summed E-state index contributed by atoms with van der Waals surface area (Å²) in [6.45, 7) is 9.57. The Hall–Kier alpha value is -1.07. The lowest BCUT2D eigenvalue weighted by Crippen LogP contribution is -2.46. The predicted molar refractivity (Wildman–Crippen MR) is 91.8 cm³/mol. The van der Waals surface area contributed by atoms with Gasteiger partial charge in [0.25, 0.3) is 0 Å². The van der Waals surface area contributed by atoms with Gasteiger partial charge in [0.05, 0.1) is 5.56 Å². The van der Waals surface area contributed by atoms with Gasteiger partial charge in [0.15, 0.2) is 0 Å². The number of hydrogen-bond donors (Lipinski definition) is 1. The second-order valence-corrected chi connectivity index (χ2v) is 7.94. The lowest BCUT2D eigenvalue weighted by Gasteiger charge is -2.36. The lowest BCUT2D eigenvalue weighted by molar-refractivity contribution is -0.138. The normalized spacial score (nSPS) is 19.7. The van der Waals surface area contributed by atoms with Gasteiger partial charge in [-0.2, -0.15) is 13.2 Å². The van der Waals surface area contributed by atoms with Gasteiger partial charge in [-0.05, 0) is 49.4 Å². The maximum absolute atomic E-state index is 13.3. The average molecular weight is 342 g/mol. The largest absolute Gasteiger partial charge is 0.416 e. The summed E-state index contributed by atoms with van der Waals surface area (Å²) in [6.07, 6.45) is -1.20. The van der Waals surface area contributed by atoms with E-state index in [1.54, 1.807) is 12.1 Å². The van der Waals surface area contributed by atoms with Gasteiger partial charge in [-0.3, -0.25) is 4.90 Å². The van der Waals surface area contributed by atoms with E-state index in [0.717, 1.165) is 38.9 Å². The van der Waals surface area contributed by atoms with Crippen LogP contribution in [-0.2, 0) is 12.7 Å². The Morgan fingerprint density at radius 1 is 1.17 bits per heavy atom. The van der Waals surface area contributed by atoms with E-state index in [0.29, 0.717) is 18.2 Å². The first kappa shape index (κ1) is 19.3. The maximum Gasteiger partial charge on any atom is 0.416 e. The Balaban J connectivity index is 2.18. The van der Waals surface area contributed by atoms with Crippen LogP contribution in [0.5, 0.6) is 0 Å². The highest BCUT2D eigenvalue weighted by molar-refractivity contribution is 5.29. The molecule has 1 atom stereocenters. The molecule has 1 fully saturated rings. The van der Waals surface area contributed by atoms with E-state index in [1.165, 1.54) is 12.1 Å². The molecular weight excluding hydrogens is 313 g/mol. The summed E-state index contributed by atoms with van der Waals surface area (Å²) in [6, 6.07) is 6.28. The molecule has 1 N–H and O–H groups in total. The van der Waals surface area contributed by atoms with Gasteiger partial charge in [-0.25, -0.2) is 0 Å². The predicted octanol–water partition coefficient (Wildman–Crippen LogP) is 4.70. The molecule has 2 rings (SSSR count). The fraction of sp³-hybridized carbons (Fsp3) is 0.684. The summed E-state index contributed by atoms with van der Waals surface area (Å²) in [7, 11) is 0. The molecule has 0 aliphatic carbocycles. The Morgan fingerprint density at radius 3 is 2.46 bits per heavy atom. The number of nitrogens with zero attached hydrogens (tertiary/aromatic N) is 1. The molecule has 24 heavy (non-hydrogen) atoms. The van der Waals surface area contributed by atoms with Crippen molar-refractivity contribution in [1.82, 2.24) is 10.2 Å². The van der Waals surface area contributed by atoms with Crippen molar-refractivity contribution < 1.29 is 13.2 Å². The topological polar surface area (TPSA) is 15.3 Å². The number of halogens is 3. The zero-order valence-electron chi connectivity index (χ0n) is 14.9. The summed E-state index contributed by atoms with van der Waals surface area (Å²) >= 11 is 0. The molecule has 5 heteroatoms. The molecule has 1 aromatic carbocycles. The lowest BCUT2D eigenvalue weighted by atomic mass is 9.91. The molecule has 0 radical (unpaired) electrons. The number of rotatable bonds is 5. The summed E-state index contributed by atoms with van der Waals surface area (Å²) in [5.41, 5.74) is 0.0446. The van der Waals surface area contributed by atoms with Crippen LogP contribution < -0.4 is 5.32 Å². The summed E-state index contributed by atoms with van der Waals surface area (Å²) < 4.78 is 39.9. The van der Waals surface area contributed by atoms with Crippen molar-refractivity contribution in [1.29, 1.82) is 0 Å². The standard InChI is InChI=1S/C19H29F3N2/c1-18(2,3)10-12-24(16-8-6-11-23-13-16)14-15-7-4-5-9-17(15)19(20,21)22/h4-5,7,9,16,23H,6,8,10-14H2,1-3H3/t16-/m1/s1. The Labute approximate surface area is 143 Å². The van der Waals surface area contributed by atoms with E-state index in [9.17, 15) is 13.2 Å². The van der Waals surface area contributed by atoms with Crippen LogP contribution in [0.15, 0.2) is 24.3 Å². The molecule has 1 aliphatic heterocycles. The van der Waals surface area contributed by atoms with E-state index in [-0.39, 0.29) is 5.41 Å². The first-order chi connectivity index (χ1) is 11.2. The molecular formula is C19H29F3N2. The van der Waals surface area contributed by atoms with Crippen LogP contribution in [0.3, 0.4) is 0 Å². The molecule has 1 saturated heterocycles. The van der Waals surface area contributed by atoms with Crippen LogP contribution in [0.2, 0.25) is 0 Å². The van der Waals surface area contributed by atoms with E-state index in [4.69, 9.17) is 0 Å². The minimum Gasteiger partial charge on any atom is -0.315 e. The van der Waals surface area contributed by atoms with E-state index < -0.39 is 11.7 Å². The van der Waals surface area contributed by atoms with Gasteiger partial charge in [-0.1, -0.05) is 39.0 Å². The van der Waals surface area contributed by atoms with Crippen LogP contribution >= 0.6 is 0 Å². The van der Waals surface area contributed by atoms with E-state index >= 15 is 0 Å². The average Bonchev–Trinajstić information content (AvgIpc) is 2.51. The molecule has 2 nitrogen and oxygen atoms in total. The van der Waals surface area contributed by atoms with Crippen LogP contribution in [0.1, 0.15) is 51.2 Å². The van der Waals surface area contributed by atoms with Gasteiger partial charge >= 0.3 is 6.18 Å². The molecule has 1 heterocycles. The molecule has 0 unspecified atom stereocenters. The monoisotopic (exact) mass is 342 g/mol. The van der Waals surface area contributed by atoms with Crippen LogP contribution in [0.25, 0.3) is 0 Å². The summed E-state index contributed by atoms with van der Waals surface area (Å²) in [4.78, 5) is 2.24. The maximum atomic E-state index is 13.3. The van der Waals surface area contributed by atoms with Gasteiger partial charge < -0.3 is 5.32 Å². The molecule has 136 valence electrons. The molecule has 1 aromatic rings. The fourth-order valence-corrected chi connectivity index (χ4v) is 3.17. The third kappa shape index (κ3) is 5.78. The molecule has 1 aliphatic rings. The van der Waals surface area contributed by atoms with Gasteiger partial charge in [0, 0.05) is 19.1 Å². The molecule has 0 spiro atoms. The van der Waals surface area contributed by atoms with Crippen molar-refractivity contribution in [2.24, 2.45) is 5.41 Å². The molecule has 0 amide bonds. The van der Waals surface area contributed by atoms with Crippen molar-refractivity contribution >= 4 is 0 Å². The number of piperidine rings is 1. The second kappa shape index (κ2) is 7.87. The number of alkyl halides is 3. The van der Waals surface area contributed by atoms with Crippen molar-refractivity contribution in [3.8, 4) is 0 Å². The highest BCUT2D eigenvalue weighted by Gasteiger charge is 2.34. The van der Waals surface area contributed by atoms with E-state index in [1.807, 2.05) is 0 Å². The highest BCUT2D eigenvalue weighted by Crippen LogP contribution is 2.33. The first-order valence-corrected chi connectivity index (χ1v) is 8.77. The summed E-state index contributed by atoms with van der Waals surface area (Å²) in [5.74, 6) is 0. The number of benzene rings is 1. The van der Waals surface area contributed by atoms with Crippen LogP contribution in [0.4, 0.5) is 13.2 Å². The van der Waals surface area contributed by atoms with Crippen LogP contribution in [0, 0.1) is 5.41 Å². The smallest absolute Gasteiger partial charge is 0.315 e. The second-order valence-electron chi connectivity index (χ2n) is 7.94. The highest BCUT2D eigenvalue weighted by atomic mass is 19.4. The fourth-order valence-electron chi connectivity index (χ4n) is 3.17. The van der Waals surface area contributed by atoms with Crippen LogP contribution in [-0.4, -0.2) is 30.6 Å². The van der Waals surface area contributed by atoms with Gasteiger partial charge in [0.1, 0.15) is 0 Å². The molecule has 0 saturated carbocycles. The third-order valence-corrected chi connectivity index (χ3v) is 4.63. The summed E-state index contributed by atoms with van der Waals surface area (Å²) in [5, 5.41) is 3.38. The molecule has 0 aromatic heterocycles. The minimum atomic E-state index is -4.29.